The van der Waals surface area contributed by atoms with Crippen LogP contribution < -0.4 is 4.90 Å². The Bertz CT molecular complexity index is 764. The summed E-state index contributed by atoms with van der Waals surface area (Å²) in [5, 5.41) is 4.71. The second-order valence-corrected chi connectivity index (χ2v) is 4.64. The number of rotatable bonds is 4. The smallest absolute Gasteiger partial charge is 0.174 e. The Labute approximate surface area is 122 Å². The van der Waals surface area contributed by atoms with Gasteiger partial charge in [-0.2, -0.15) is 5.10 Å². The van der Waals surface area contributed by atoms with Crippen molar-refractivity contribution >= 4 is 16.7 Å². The lowest BCUT2D eigenvalue weighted by Gasteiger charge is -2.19. The van der Waals surface area contributed by atoms with Crippen molar-refractivity contribution in [1.82, 2.24) is 19.7 Å². The van der Waals surface area contributed by atoms with Crippen LogP contribution in [-0.2, 0) is 0 Å². The molecule has 0 unspecified atom stereocenters. The summed E-state index contributed by atoms with van der Waals surface area (Å²) >= 11 is 0. The molecular weight excluding hydrogens is 269 g/mol. The number of hydrogen-bond acceptors (Lipinski definition) is 4. The molecule has 108 valence electrons. The van der Waals surface area contributed by atoms with Crippen molar-refractivity contribution in [2.75, 3.05) is 18.0 Å². The predicted octanol–water partition coefficient (Wildman–Crippen LogP) is 2.80. The molecule has 0 aliphatic rings. The van der Waals surface area contributed by atoms with Crippen LogP contribution in [0.3, 0.4) is 0 Å². The van der Waals surface area contributed by atoms with E-state index < -0.39 is 0 Å². The quantitative estimate of drug-likeness (QED) is 0.739. The van der Waals surface area contributed by atoms with Crippen LogP contribution in [0.1, 0.15) is 13.8 Å². The van der Waals surface area contributed by atoms with E-state index >= 15 is 0 Å². The Balaban J connectivity index is 2.11. The standard InChI is InChI=1S/C15H16FN5/c1-3-20(4-2)14-9-17-10-15(19-14)21-13-7-5-6-12(16)11(13)8-18-21/h5-10H,3-4H2,1-2H3. The monoisotopic (exact) mass is 285 g/mol. The second-order valence-electron chi connectivity index (χ2n) is 4.64. The summed E-state index contributed by atoms with van der Waals surface area (Å²) in [6.45, 7) is 5.83. The number of anilines is 1. The molecule has 0 fully saturated rings. The van der Waals surface area contributed by atoms with Gasteiger partial charge < -0.3 is 4.90 Å². The lowest BCUT2D eigenvalue weighted by Crippen LogP contribution is -2.23. The van der Waals surface area contributed by atoms with E-state index in [-0.39, 0.29) is 5.82 Å². The van der Waals surface area contributed by atoms with Crippen LogP contribution in [0.4, 0.5) is 10.2 Å². The third-order valence-corrected chi connectivity index (χ3v) is 3.47. The molecule has 3 rings (SSSR count). The van der Waals surface area contributed by atoms with Gasteiger partial charge in [0, 0.05) is 13.1 Å². The molecule has 0 saturated carbocycles. The predicted molar refractivity (Wildman–Crippen MR) is 80.2 cm³/mol. The lowest BCUT2D eigenvalue weighted by molar-refractivity contribution is 0.640. The molecule has 2 aromatic heterocycles. The first-order valence-corrected chi connectivity index (χ1v) is 6.94. The van der Waals surface area contributed by atoms with Gasteiger partial charge in [0.05, 0.1) is 29.5 Å². The van der Waals surface area contributed by atoms with Crippen LogP contribution in [-0.4, -0.2) is 32.8 Å². The molecule has 0 radical (unpaired) electrons. The minimum Gasteiger partial charge on any atom is -0.356 e. The molecule has 0 atom stereocenters. The van der Waals surface area contributed by atoms with Gasteiger partial charge in [-0.15, -0.1) is 0 Å². The normalized spacial score (nSPS) is 11.0. The fourth-order valence-electron chi connectivity index (χ4n) is 2.35. The molecule has 0 aliphatic heterocycles. The van der Waals surface area contributed by atoms with E-state index in [2.05, 4.69) is 33.8 Å². The largest absolute Gasteiger partial charge is 0.356 e. The second kappa shape index (κ2) is 5.47. The summed E-state index contributed by atoms with van der Waals surface area (Å²) in [6.07, 6.45) is 4.86. The summed E-state index contributed by atoms with van der Waals surface area (Å²) in [5.41, 5.74) is 0.681. The van der Waals surface area contributed by atoms with Crippen LogP contribution in [0.25, 0.3) is 16.7 Å². The molecule has 6 heteroatoms. The molecular formula is C15H16FN5. The Morgan fingerprint density at radius 2 is 1.95 bits per heavy atom. The Kier molecular flexibility index (Phi) is 3.51. The molecule has 3 aromatic rings. The van der Waals surface area contributed by atoms with Gasteiger partial charge >= 0.3 is 0 Å². The van der Waals surface area contributed by atoms with Crippen LogP contribution in [0.2, 0.25) is 0 Å². The number of fused-ring (bicyclic) bond motifs is 1. The van der Waals surface area contributed by atoms with Crippen LogP contribution in [0.15, 0.2) is 36.8 Å². The van der Waals surface area contributed by atoms with E-state index in [0.717, 1.165) is 18.9 Å². The Morgan fingerprint density at radius 1 is 1.14 bits per heavy atom. The molecule has 21 heavy (non-hydrogen) atoms. The summed E-state index contributed by atoms with van der Waals surface area (Å²) in [5.74, 6) is 1.09. The van der Waals surface area contributed by atoms with Crippen molar-refractivity contribution in [2.24, 2.45) is 0 Å². The number of benzene rings is 1. The van der Waals surface area contributed by atoms with Crippen molar-refractivity contribution in [2.45, 2.75) is 13.8 Å². The van der Waals surface area contributed by atoms with Crippen LogP contribution in [0, 0.1) is 5.82 Å². The average Bonchev–Trinajstić information content (AvgIpc) is 2.94. The van der Waals surface area contributed by atoms with E-state index in [1.807, 2.05) is 6.07 Å². The highest BCUT2D eigenvalue weighted by Crippen LogP contribution is 2.20. The average molecular weight is 285 g/mol. The van der Waals surface area contributed by atoms with Crippen molar-refractivity contribution in [1.29, 1.82) is 0 Å². The maximum atomic E-state index is 13.7. The number of aromatic nitrogens is 4. The highest BCUT2D eigenvalue weighted by molar-refractivity contribution is 5.80. The lowest BCUT2D eigenvalue weighted by atomic mass is 10.2. The molecule has 0 N–H and O–H groups in total. The van der Waals surface area contributed by atoms with Crippen molar-refractivity contribution in [3.63, 3.8) is 0 Å². The molecule has 0 aliphatic carbocycles. The third kappa shape index (κ3) is 2.33. The molecule has 0 amide bonds. The molecule has 5 nitrogen and oxygen atoms in total. The molecule has 0 saturated heterocycles. The zero-order valence-electron chi connectivity index (χ0n) is 12.0. The maximum absolute atomic E-state index is 13.7. The first kappa shape index (κ1) is 13.5. The summed E-state index contributed by atoms with van der Waals surface area (Å²) in [7, 11) is 0. The van der Waals surface area contributed by atoms with E-state index in [1.165, 1.54) is 12.3 Å². The minimum absolute atomic E-state index is 0.286. The van der Waals surface area contributed by atoms with Gasteiger partial charge in [-0.05, 0) is 26.0 Å². The third-order valence-electron chi connectivity index (χ3n) is 3.47. The van der Waals surface area contributed by atoms with Gasteiger partial charge in [-0.3, -0.25) is 4.98 Å². The highest BCUT2D eigenvalue weighted by Gasteiger charge is 2.11. The minimum atomic E-state index is -0.286. The van der Waals surface area contributed by atoms with E-state index in [9.17, 15) is 4.39 Å². The Morgan fingerprint density at radius 3 is 2.71 bits per heavy atom. The van der Waals surface area contributed by atoms with Crippen LogP contribution in [0.5, 0.6) is 0 Å². The Hall–Kier alpha value is -2.50. The van der Waals surface area contributed by atoms with E-state index in [4.69, 9.17) is 0 Å². The summed E-state index contributed by atoms with van der Waals surface area (Å²) in [4.78, 5) is 10.9. The van der Waals surface area contributed by atoms with Crippen molar-refractivity contribution < 1.29 is 4.39 Å². The summed E-state index contributed by atoms with van der Waals surface area (Å²) < 4.78 is 15.3. The van der Waals surface area contributed by atoms with Gasteiger partial charge in [-0.1, -0.05) is 6.07 Å². The highest BCUT2D eigenvalue weighted by atomic mass is 19.1. The first-order chi connectivity index (χ1) is 10.2. The fraction of sp³-hybridized carbons (Fsp3) is 0.267. The SMILES string of the molecule is CCN(CC)c1cncc(-n2ncc3c(F)cccc32)n1. The number of nitrogens with zero attached hydrogens (tertiary/aromatic N) is 5. The van der Waals surface area contributed by atoms with Crippen molar-refractivity contribution in [3.05, 3.63) is 42.6 Å². The zero-order valence-corrected chi connectivity index (χ0v) is 12.0. The van der Waals surface area contributed by atoms with Gasteiger partial charge in [0.15, 0.2) is 5.82 Å². The summed E-state index contributed by atoms with van der Waals surface area (Å²) in [6, 6.07) is 4.90. The van der Waals surface area contributed by atoms with Crippen LogP contribution >= 0.6 is 0 Å². The maximum Gasteiger partial charge on any atom is 0.174 e. The van der Waals surface area contributed by atoms with E-state index in [1.54, 1.807) is 23.1 Å². The van der Waals surface area contributed by atoms with Gasteiger partial charge in [0.25, 0.3) is 0 Å². The molecule has 0 bridgehead atoms. The van der Waals surface area contributed by atoms with Gasteiger partial charge in [0.2, 0.25) is 0 Å². The molecule has 0 spiro atoms. The van der Waals surface area contributed by atoms with Crippen molar-refractivity contribution in [3.8, 4) is 5.82 Å². The zero-order chi connectivity index (χ0) is 14.8. The topological polar surface area (TPSA) is 46.8 Å². The van der Waals surface area contributed by atoms with Gasteiger partial charge in [0.1, 0.15) is 11.6 Å². The first-order valence-electron chi connectivity index (χ1n) is 6.94. The number of hydrogen-bond donors (Lipinski definition) is 0. The number of halogens is 1. The molecule has 2 heterocycles. The fourth-order valence-corrected chi connectivity index (χ4v) is 2.35. The van der Waals surface area contributed by atoms with E-state index in [0.29, 0.717) is 16.7 Å². The van der Waals surface area contributed by atoms with Gasteiger partial charge in [-0.25, -0.2) is 14.1 Å². The molecule has 1 aromatic carbocycles.